The highest BCUT2D eigenvalue weighted by atomic mass is 16.5. The number of aromatic nitrogens is 1. The van der Waals surface area contributed by atoms with E-state index < -0.39 is 0 Å². The molecule has 218 valence electrons. The van der Waals surface area contributed by atoms with Crippen LogP contribution in [-0.4, -0.2) is 66.4 Å². The second-order valence-corrected chi connectivity index (χ2v) is 10.9. The lowest BCUT2D eigenvalue weighted by atomic mass is 10.0. The van der Waals surface area contributed by atoms with Crippen LogP contribution in [-0.2, 0) is 11.3 Å². The standard InChI is InChI=1S/C35H35N5O3/c1-43-29-14-13-26-21-28(12-11-27(26)22-29)33-23-31(30-9-5-6-10-32(30)36-33)35(42)38-37-34(41)15-16-39-17-19-40(20-18-39)24-25-7-3-2-4-8-25/h2-14,21-23H,15-20,24H2,1H3,(H,37,41)(H,38,42). The van der Waals surface area contributed by atoms with Crippen molar-refractivity contribution in [2.24, 2.45) is 0 Å². The lowest BCUT2D eigenvalue weighted by Crippen LogP contribution is -2.47. The SMILES string of the molecule is COc1ccc2cc(-c3cc(C(=O)NNC(=O)CCN4CCN(Cc5ccccc5)CC4)c4ccccc4n3)ccc2c1. The van der Waals surface area contributed by atoms with E-state index in [2.05, 4.69) is 51.0 Å². The highest BCUT2D eigenvalue weighted by Crippen LogP contribution is 2.29. The van der Waals surface area contributed by atoms with Crippen LogP contribution >= 0.6 is 0 Å². The summed E-state index contributed by atoms with van der Waals surface area (Å²) in [5, 5.41) is 2.82. The Bertz CT molecular complexity index is 1750. The molecule has 2 N–H and O–H groups in total. The number of ether oxygens (including phenoxy) is 1. The van der Waals surface area contributed by atoms with Gasteiger partial charge >= 0.3 is 0 Å². The molecule has 8 nitrogen and oxygen atoms in total. The first-order chi connectivity index (χ1) is 21.1. The van der Waals surface area contributed by atoms with Gasteiger partial charge in [0.15, 0.2) is 0 Å². The van der Waals surface area contributed by atoms with E-state index in [-0.39, 0.29) is 11.8 Å². The van der Waals surface area contributed by atoms with Gasteiger partial charge in [-0.05, 0) is 46.7 Å². The molecule has 1 aliphatic rings. The van der Waals surface area contributed by atoms with Gasteiger partial charge in [-0.2, -0.15) is 0 Å². The highest BCUT2D eigenvalue weighted by Gasteiger charge is 2.19. The number of nitrogens with zero attached hydrogens (tertiary/aromatic N) is 3. The topological polar surface area (TPSA) is 86.8 Å². The smallest absolute Gasteiger partial charge is 0.270 e. The van der Waals surface area contributed by atoms with Crippen LogP contribution in [0.2, 0.25) is 0 Å². The van der Waals surface area contributed by atoms with E-state index in [0.29, 0.717) is 29.7 Å². The zero-order valence-corrected chi connectivity index (χ0v) is 24.3. The minimum Gasteiger partial charge on any atom is -0.497 e. The molecule has 4 aromatic carbocycles. The van der Waals surface area contributed by atoms with Crippen molar-refractivity contribution in [1.29, 1.82) is 0 Å². The fraction of sp³-hybridized carbons (Fsp3) is 0.229. The first-order valence-corrected chi connectivity index (χ1v) is 14.6. The van der Waals surface area contributed by atoms with Gasteiger partial charge in [-0.1, -0.05) is 66.7 Å². The van der Waals surface area contributed by atoms with Gasteiger partial charge in [0.05, 0.1) is 23.9 Å². The van der Waals surface area contributed by atoms with Gasteiger partial charge in [-0.25, -0.2) is 4.98 Å². The number of fused-ring (bicyclic) bond motifs is 2. The second-order valence-electron chi connectivity index (χ2n) is 10.9. The van der Waals surface area contributed by atoms with E-state index in [1.54, 1.807) is 13.2 Å². The third-order valence-electron chi connectivity index (χ3n) is 7.99. The van der Waals surface area contributed by atoms with E-state index in [1.807, 2.05) is 60.7 Å². The fourth-order valence-electron chi connectivity index (χ4n) is 5.55. The molecule has 1 fully saturated rings. The van der Waals surface area contributed by atoms with E-state index in [0.717, 1.165) is 60.2 Å². The molecule has 0 aliphatic carbocycles. The number of para-hydroxylation sites is 1. The number of amides is 2. The lowest BCUT2D eigenvalue weighted by molar-refractivity contribution is -0.122. The lowest BCUT2D eigenvalue weighted by Gasteiger charge is -2.34. The van der Waals surface area contributed by atoms with E-state index >= 15 is 0 Å². The number of hydrogen-bond acceptors (Lipinski definition) is 6. The van der Waals surface area contributed by atoms with Gasteiger partial charge in [0.25, 0.3) is 5.91 Å². The molecule has 43 heavy (non-hydrogen) atoms. The predicted octanol–water partition coefficient (Wildman–Crippen LogP) is 5.03. The summed E-state index contributed by atoms with van der Waals surface area (Å²) >= 11 is 0. The minimum atomic E-state index is -0.381. The Labute approximate surface area is 251 Å². The van der Waals surface area contributed by atoms with E-state index in [9.17, 15) is 9.59 Å². The summed E-state index contributed by atoms with van der Waals surface area (Å²) in [7, 11) is 1.65. The average molecular weight is 574 g/mol. The van der Waals surface area contributed by atoms with Crippen molar-refractivity contribution >= 4 is 33.5 Å². The highest BCUT2D eigenvalue weighted by molar-refractivity contribution is 6.07. The van der Waals surface area contributed by atoms with E-state index in [1.165, 1.54) is 5.56 Å². The van der Waals surface area contributed by atoms with Gasteiger partial charge in [0.1, 0.15) is 5.75 Å². The van der Waals surface area contributed by atoms with E-state index in [4.69, 9.17) is 9.72 Å². The van der Waals surface area contributed by atoms with Crippen LogP contribution in [0, 0.1) is 0 Å². The summed E-state index contributed by atoms with van der Waals surface area (Å²) in [5.41, 5.74) is 9.29. The normalized spacial score (nSPS) is 14.1. The molecule has 0 atom stereocenters. The molecule has 0 radical (unpaired) electrons. The summed E-state index contributed by atoms with van der Waals surface area (Å²) in [5.74, 6) is 0.198. The van der Waals surface area contributed by atoms with Crippen LogP contribution in [0.5, 0.6) is 5.75 Å². The number of carbonyl (C=O) groups excluding carboxylic acids is 2. The minimum absolute atomic E-state index is 0.219. The van der Waals surface area contributed by atoms with Crippen LogP contribution in [0.25, 0.3) is 32.9 Å². The number of carbonyl (C=O) groups is 2. The number of hydrogen-bond donors (Lipinski definition) is 2. The Hall–Kier alpha value is -4.79. The van der Waals surface area contributed by atoms with Crippen molar-refractivity contribution in [3.05, 3.63) is 108 Å². The van der Waals surface area contributed by atoms with Crippen molar-refractivity contribution in [2.45, 2.75) is 13.0 Å². The Morgan fingerprint density at radius 3 is 2.33 bits per heavy atom. The van der Waals surface area contributed by atoms with Crippen molar-refractivity contribution in [1.82, 2.24) is 25.6 Å². The summed E-state index contributed by atoms with van der Waals surface area (Å²) in [6, 6.07) is 31.8. The molecule has 6 rings (SSSR count). The van der Waals surface area contributed by atoms with Crippen LogP contribution < -0.4 is 15.6 Å². The molecule has 1 aliphatic heterocycles. The average Bonchev–Trinajstić information content (AvgIpc) is 3.06. The molecular formula is C35H35N5O3. The number of rotatable bonds is 8. The molecule has 2 heterocycles. The molecule has 8 heteroatoms. The molecule has 1 aromatic heterocycles. The zero-order chi connectivity index (χ0) is 29.6. The Morgan fingerprint density at radius 2 is 1.51 bits per heavy atom. The number of methoxy groups -OCH3 is 1. The Kier molecular flexibility index (Phi) is 8.58. The number of pyridine rings is 1. The molecule has 5 aromatic rings. The van der Waals surface area contributed by atoms with Crippen LogP contribution in [0.4, 0.5) is 0 Å². The van der Waals surface area contributed by atoms with Gasteiger partial charge in [-0.3, -0.25) is 25.3 Å². The maximum atomic E-state index is 13.3. The fourth-order valence-corrected chi connectivity index (χ4v) is 5.55. The first-order valence-electron chi connectivity index (χ1n) is 14.6. The molecule has 2 amide bonds. The van der Waals surface area contributed by atoms with Gasteiger partial charge in [0, 0.05) is 56.6 Å². The van der Waals surface area contributed by atoms with Gasteiger partial charge < -0.3 is 9.64 Å². The van der Waals surface area contributed by atoms with Crippen LogP contribution in [0.15, 0.2) is 97.1 Å². The number of piperazine rings is 1. The Morgan fingerprint density at radius 1 is 0.791 bits per heavy atom. The maximum Gasteiger partial charge on any atom is 0.270 e. The maximum absolute atomic E-state index is 13.3. The van der Waals surface area contributed by atoms with Crippen molar-refractivity contribution in [3.8, 4) is 17.0 Å². The first kappa shape index (κ1) is 28.3. The summed E-state index contributed by atoms with van der Waals surface area (Å²) in [6.07, 6.45) is 0.309. The number of hydrazine groups is 1. The molecule has 0 bridgehead atoms. The Balaban J connectivity index is 1.07. The molecule has 0 unspecified atom stereocenters. The summed E-state index contributed by atoms with van der Waals surface area (Å²) < 4.78 is 5.34. The van der Waals surface area contributed by atoms with Gasteiger partial charge in [-0.15, -0.1) is 0 Å². The number of nitrogens with one attached hydrogen (secondary N) is 2. The molecule has 1 saturated heterocycles. The largest absolute Gasteiger partial charge is 0.497 e. The molecule has 0 saturated carbocycles. The second kappa shape index (κ2) is 13.0. The predicted molar refractivity (Wildman–Crippen MR) is 170 cm³/mol. The third-order valence-corrected chi connectivity index (χ3v) is 7.99. The molecule has 0 spiro atoms. The monoisotopic (exact) mass is 573 g/mol. The van der Waals surface area contributed by atoms with Crippen molar-refractivity contribution < 1.29 is 14.3 Å². The van der Waals surface area contributed by atoms with Crippen molar-refractivity contribution in [3.63, 3.8) is 0 Å². The quantitative estimate of drug-likeness (QED) is 0.253. The third kappa shape index (κ3) is 6.83. The van der Waals surface area contributed by atoms with Crippen LogP contribution in [0.1, 0.15) is 22.3 Å². The molecular weight excluding hydrogens is 538 g/mol. The summed E-state index contributed by atoms with van der Waals surface area (Å²) in [6.45, 7) is 5.37. The van der Waals surface area contributed by atoms with Crippen LogP contribution in [0.3, 0.4) is 0 Å². The zero-order valence-electron chi connectivity index (χ0n) is 24.3. The van der Waals surface area contributed by atoms with Crippen molar-refractivity contribution in [2.75, 3.05) is 39.8 Å². The summed E-state index contributed by atoms with van der Waals surface area (Å²) in [4.78, 5) is 35.6. The van der Waals surface area contributed by atoms with Gasteiger partial charge in [0.2, 0.25) is 5.91 Å². The number of benzene rings is 4.